The van der Waals surface area contributed by atoms with E-state index in [1.165, 1.54) is 0 Å². The van der Waals surface area contributed by atoms with E-state index in [1.54, 1.807) is 18.2 Å². The van der Waals surface area contributed by atoms with Crippen LogP contribution in [0.3, 0.4) is 0 Å². The number of nitrogens with zero attached hydrogens (tertiary/aromatic N) is 1. The van der Waals surface area contributed by atoms with E-state index in [-0.39, 0.29) is 5.91 Å². The Morgan fingerprint density at radius 3 is 2.74 bits per heavy atom. The first kappa shape index (κ1) is 15.3. The molecule has 1 amide bonds. The van der Waals surface area contributed by atoms with E-state index in [2.05, 4.69) is 10.2 Å². The quantitative estimate of drug-likeness (QED) is 0.577. The van der Waals surface area contributed by atoms with Crippen LogP contribution in [0.1, 0.15) is 23.7 Å². The Morgan fingerprint density at radius 1 is 1.37 bits per heavy atom. The third kappa shape index (κ3) is 5.61. The molecule has 5 nitrogen and oxygen atoms in total. The van der Waals surface area contributed by atoms with Crippen LogP contribution in [0.5, 0.6) is 5.75 Å². The smallest absolute Gasteiger partial charge is 0.251 e. The van der Waals surface area contributed by atoms with Crippen molar-refractivity contribution in [2.45, 2.75) is 13.3 Å². The summed E-state index contributed by atoms with van der Waals surface area (Å²) < 4.78 is 5.37. The van der Waals surface area contributed by atoms with Crippen LogP contribution in [0.15, 0.2) is 18.2 Å². The topological polar surface area (TPSA) is 67.6 Å². The molecule has 0 radical (unpaired) electrons. The van der Waals surface area contributed by atoms with E-state index in [9.17, 15) is 4.79 Å². The van der Waals surface area contributed by atoms with E-state index in [4.69, 9.17) is 10.5 Å². The van der Waals surface area contributed by atoms with E-state index in [0.717, 1.165) is 13.0 Å². The molecule has 1 rings (SSSR count). The number of anilines is 1. The van der Waals surface area contributed by atoms with Crippen LogP contribution in [-0.4, -0.2) is 44.6 Å². The molecule has 0 unspecified atom stereocenters. The standard InChI is InChI=1S/C14H23N3O2/c1-4-19-13-9-11(8-12(15)10-13)14(18)16-6-5-7-17(2)3/h8-10H,4-7,15H2,1-3H3,(H,16,18). The lowest BCUT2D eigenvalue weighted by Gasteiger charge is -2.11. The summed E-state index contributed by atoms with van der Waals surface area (Å²) in [6.07, 6.45) is 0.916. The Labute approximate surface area is 114 Å². The van der Waals surface area contributed by atoms with Crippen molar-refractivity contribution in [3.8, 4) is 5.75 Å². The predicted molar refractivity (Wildman–Crippen MR) is 77.5 cm³/mol. The van der Waals surface area contributed by atoms with Crippen molar-refractivity contribution >= 4 is 11.6 Å². The van der Waals surface area contributed by atoms with E-state index < -0.39 is 0 Å². The largest absolute Gasteiger partial charge is 0.494 e. The zero-order chi connectivity index (χ0) is 14.3. The maximum absolute atomic E-state index is 12.0. The number of nitrogens with one attached hydrogen (secondary N) is 1. The molecule has 1 aromatic rings. The number of ether oxygens (including phenoxy) is 1. The highest BCUT2D eigenvalue weighted by Crippen LogP contribution is 2.18. The second-order valence-electron chi connectivity index (χ2n) is 4.64. The molecule has 0 fully saturated rings. The maximum atomic E-state index is 12.0. The fourth-order valence-electron chi connectivity index (χ4n) is 1.70. The zero-order valence-electron chi connectivity index (χ0n) is 11.9. The van der Waals surface area contributed by atoms with E-state index >= 15 is 0 Å². The van der Waals surface area contributed by atoms with Crippen molar-refractivity contribution in [1.29, 1.82) is 0 Å². The molecule has 0 aliphatic carbocycles. The van der Waals surface area contributed by atoms with Gasteiger partial charge in [0, 0.05) is 23.9 Å². The average molecular weight is 265 g/mol. The van der Waals surface area contributed by atoms with Gasteiger partial charge in [-0.3, -0.25) is 4.79 Å². The molecule has 0 atom stereocenters. The van der Waals surface area contributed by atoms with Crippen LogP contribution in [0.25, 0.3) is 0 Å². The minimum atomic E-state index is -0.119. The number of carbonyl (C=O) groups is 1. The van der Waals surface area contributed by atoms with Crippen molar-refractivity contribution in [3.63, 3.8) is 0 Å². The Bertz CT molecular complexity index is 419. The number of nitrogen functional groups attached to an aromatic ring is 1. The monoisotopic (exact) mass is 265 g/mol. The molecule has 0 spiro atoms. The summed E-state index contributed by atoms with van der Waals surface area (Å²) in [5, 5.41) is 2.87. The molecular formula is C14H23N3O2. The second kappa shape index (κ2) is 7.63. The molecule has 5 heteroatoms. The maximum Gasteiger partial charge on any atom is 0.251 e. The van der Waals surface area contributed by atoms with Crippen molar-refractivity contribution in [2.75, 3.05) is 39.5 Å². The SMILES string of the molecule is CCOc1cc(N)cc(C(=O)NCCCN(C)C)c1. The van der Waals surface area contributed by atoms with Crippen LogP contribution in [0, 0.1) is 0 Å². The minimum absolute atomic E-state index is 0.119. The molecule has 0 heterocycles. The first-order valence-electron chi connectivity index (χ1n) is 6.49. The normalized spacial score (nSPS) is 10.5. The fourth-order valence-corrected chi connectivity index (χ4v) is 1.70. The number of carbonyl (C=O) groups excluding carboxylic acids is 1. The lowest BCUT2D eigenvalue weighted by molar-refractivity contribution is 0.0952. The Hall–Kier alpha value is -1.75. The lowest BCUT2D eigenvalue weighted by atomic mass is 10.1. The van der Waals surface area contributed by atoms with Gasteiger partial charge >= 0.3 is 0 Å². The lowest BCUT2D eigenvalue weighted by Crippen LogP contribution is -2.27. The van der Waals surface area contributed by atoms with Gasteiger partial charge in [0.2, 0.25) is 0 Å². The summed E-state index contributed by atoms with van der Waals surface area (Å²) in [6, 6.07) is 5.08. The number of benzene rings is 1. The molecule has 0 aliphatic heterocycles. The van der Waals surface area contributed by atoms with Gasteiger partial charge in [-0.25, -0.2) is 0 Å². The van der Waals surface area contributed by atoms with Gasteiger partial charge in [0.15, 0.2) is 0 Å². The third-order valence-electron chi connectivity index (χ3n) is 2.57. The fraction of sp³-hybridized carbons (Fsp3) is 0.500. The van der Waals surface area contributed by atoms with Crippen LogP contribution in [-0.2, 0) is 0 Å². The van der Waals surface area contributed by atoms with Crippen LogP contribution in [0.4, 0.5) is 5.69 Å². The van der Waals surface area contributed by atoms with Crippen LogP contribution < -0.4 is 15.8 Å². The molecule has 106 valence electrons. The first-order chi connectivity index (χ1) is 9.02. The zero-order valence-corrected chi connectivity index (χ0v) is 11.9. The van der Waals surface area contributed by atoms with Crippen LogP contribution >= 0.6 is 0 Å². The third-order valence-corrected chi connectivity index (χ3v) is 2.57. The summed E-state index contributed by atoms with van der Waals surface area (Å²) in [4.78, 5) is 14.0. The number of amides is 1. The Kier molecular flexibility index (Phi) is 6.15. The number of rotatable bonds is 7. The van der Waals surface area contributed by atoms with Crippen LogP contribution in [0.2, 0.25) is 0 Å². The van der Waals surface area contributed by atoms with Gasteiger partial charge in [0.1, 0.15) is 5.75 Å². The summed E-state index contributed by atoms with van der Waals surface area (Å²) in [7, 11) is 4.02. The first-order valence-corrected chi connectivity index (χ1v) is 6.49. The highest BCUT2D eigenvalue weighted by atomic mass is 16.5. The summed E-state index contributed by atoms with van der Waals surface area (Å²) in [5.41, 5.74) is 6.82. The molecule has 3 N–H and O–H groups in total. The average Bonchev–Trinajstić information content (AvgIpc) is 2.34. The van der Waals surface area contributed by atoms with Crippen molar-refractivity contribution in [3.05, 3.63) is 23.8 Å². The second-order valence-corrected chi connectivity index (χ2v) is 4.64. The van der Waals surface area contributed by atoms with Gasteiger partial charge in [-0.1, -0.05) is 0 Å². The van der Waals surface area contributed by atoms with Gasteiger partial charge in [0.25, 0.3) is 5.91 Å². The molecule has 19 heavy (non-hydrogen) atoms. The Balaban J connectivity index is 2.56. The molecule has 0 aliphatic rings. The van der Waals surface area contributed by atoms with Gasteiger partial charge in [-0.05, 0) is 46.1 Å². The molecule has 0 aromatic heterocycles. The van der Waals surface area contributed by atoms with E-state index in [0.29, 0.717) is 30.2 Å². The number of hydrogen-bond donors (Lipinski definition) is 2. The van der Waals surface area contributed by atoms with Gasteiger partial charge in [-0.2, -0.15) is 0 Å². The van der Waals surface area contributed by atoms with Gasteiger partial charge < -0.3 is 20.7 Å². The molecule has 0 bridgehead atoms. The minimum Gasteiger partial charge on any atom is -0.494 e. The van der Waals surface area contributed by atoms with Crippen molar-refractivity contribution in [1.82, 2.24) is 10.2 Å². The Morgan fingerprint density at radius 2 is 2.11 bits per heavy atom. The number of hydrogen-bond acceptors (Lipinski definition) is 4. The highest BCUT2D eigenvalue weighted by Gasteiger charge is 2.08. The summed E-state index contributed by atoms with van der Waals surface area (Å²) in [6.45, 7) is 4.04. The molecule has 0 saturated heterocycles. The molecular weight excluding hydrogens is 242 g/mol. The highest BCUT2D eigenvalue weighted by molar-refractivity contribution is 5.95. The number of nitrogens with two attached hydrogens (primary N) is 1. The van der Waals surface area contributed by atoms with Gasteiger partial charge in [0.05, 0.1) is 6.61 Å². The predicted octanol–water partition coefficient (Wildman–Crippen LogP) is 1.35. The summed E-state index contributed by atoms with van der Waals surface area (Å²) >= 11 is 0. The van der Waals surface area contributed by atoms with Crippen molar-refractivity contribution < 1.29 is 9.53 Å². The van der Waals surface area contributed by atoms with E-state index in [1.807, 2.05) is 21.0 Å². The molecule has 0 saturated carbocycles. The summed E-state index contributed by atoms with van der Waals surface area (Å²) in [5.74, 6) is 0.507. The van der Waals surface area contributed by atoms with Crippen molar-refractivity contribution in [2.24, 2.45) is 0 Å². The molecule has 1 aromatic carbocycles. The van der Waals surface area contributed by atoms with Gasteiger partial charge in [-0.15, -0.1) is 0 Å².